The van der Waals surface area contributed by atoms with E-state index in [0.717, 1.165) is 0 Å². The Kier molecular flexibility index (Phi) is 4.43. The number of carbonyl (C=O) groups is 2. The molecule has 0 aliphatic carbocycles. The quantitative estimate of drug-likeness (QED) is 0.814. The SMILES string of the molecule is COCCN1C(=O)C(O)=C(C(=O)c2ccco2)[C@@H]1c1cccnc1. The fourth-order valence-corrected chi connectivity index (χ4v) is 2.73. The van der Waals surface area contributed by atoms with Crippen molar-refractivity contribution in [3.8, 4) is 0 Å². The third-order valence-electron chi connectivity index (χ3n) is 3.83. The molecule has 1 atom stereocenters. The van der Waals surface area contributed by atoms with Gasteiger partial charge < -0.3 is 19.2 Å². The van der Waals surface area contributed by atoms with Crippen molar-refractivity contribution in [1.29, 1.82) is 0 Å². The van der Waals surface area contributed by atoms with Crippen LogP contribution in [0.5, 0.6) is 0 Å². The summed E-state index contributed by atoms with van der Waals surface area (Å²) in [5.41, 5.74) is 0.611. The van der Waals surface area contributed by atoms with Crippen LogP contribution in [0.25, 0.3) is 0 Å². The Bertz CT molecular complexity index is 768. The van der Waals surface area contributed by atoms with Crippen LogP contribution in [0, 0.1) is 0 Å². The molecular formula is C17H16N2O5. The van der Waals surface area contributed by atoms with Crippen molar-refractivity contribution in [2.24, 2.45) is 0 Å². The van der Waals surface area contributed by atoms with Gasteiger partial charge in [-0.15, -0.1) is 0 Å². The molecular weight excluding hydrogens is 312 g/mol. The second-order valence-electron chi connectivity index (χ2n) is 5.25. The topological polar surface area (TPSA) is 92.9 Å². The van der Waals surface area contributed by atoms with Crippen molar-refractivity contribution in [3.05, 3.63) is 65.6 Å². The van der Waals surface area contributed by atoms with E-state index in [-0.39, 0.29) is 24.5 Å². The van der Waals surface area contributed by atoms with Gasteiger partial charge in [0.2, 0.25) is 5.78 Å². The lowest BCUT2D eigenvalue weighted by Crippen LogP contribution is -2.34. The maximum atomic E-state index is 12.7. The fraction of sp³-hybridized carbons (Fsp3) is 0.235. The molecule has 0 fully saturated rings. The molecule has 0 bridgehead atoms. The second kappa shape index (κ2) is 6.67. The van der Waals surface area contributed by atoms with E-state index < -0.39 is 23.5 Å². The molecule has 24 heavy (non-hydrogen) atoms. The summed E-state index contributed by atoms with van der Waals surface area (Å²) in [6, 6.07) is 5.78. The van der Waals surface area contributed by atoms with Gasteiger partial charge >= 0.3 is 0 Å². The number of Topliss-reactive ketones (excluding diaryl/α,β-unsaturated/α-hetero) is 1. The van der Waals surface area contributed by atoms with Crippen molar-refractivity contribution in [1.82, 2.24) is 9.88 Å². The van der Waals surface area contributed by atoms with Gasteiger partial charge in [0, 0.05) is 26.0 Å². The van der Waals surface area contributed by atoms with Crippen molar-refractivity contribution in [3.63, 3.8) is 0 Å². The summed E-state index contributed by atoms with van der Waals surface area (Å²) in [4.78, 5) is 30.6. The zero-order valence-electron chi connectivity index (χ0n) is 13.0. The highest BCUT2D eigenvalue weighted by molar-refractivity contribution is 6.14. The minimum absolute atomic E-state index is 0.0148. The predicted molar refractivity (Wildman–Crippen MR) is 83.3 cm³/mol. The number of ketones is 1. The van der Waals surface area contributed by atoms with E-state index in [1.165, 1.54) is 24.3 Å². The first-order valence-electron chi connectivity index (χ1n) is 7.36. The zero-order valence-corrected chi connectivity index (χ0v) is 13.0. The highest BCUT2D eigenvalue weighted by Gasteiger charge is 2.44. The van der Waals surface area contributed by atoms with Gasteiger partial charge in [-0.2, -0.15) is 0 Å². The summed E-state index contributed by atoms with van der Waals surface area (Å²) in [6.07, 6.45) is 4.52. The molecule has 1 N–H and O–H groups in total. The molecule has 7 nitrogen and oxygen atoms in total. The Hall–Kier alpha value is -2.93. The number of hydrogen-bond donors (Lipinski definition) is 1. The highest BCUT2D eigenvalue weighted by atomic mass is 16.5. The van der Waals surface area contributed by atoms with Crippen molar-refractivity contribution in [2.75, 3.05) is 20.3 Å². The van der Waals surface area contributed by atoms with Crippen LogP contribution in [0.4, 0.5) is 0 Å². The largest absolute Gasteiger partial charge is 0.503 e. The Morgan fingerprint density at radius 3 is 2.88 bits per heavy atom. The number of nitrogens with zero attached hydrogens (tertiary/aromatic N) is 2. The average molecular weight is 328 g/mol. The number of methoxy groups -OCH3 is 1. The van der Waals surface area contributed by atoms with E-state index >= 15 is 0 Å². The smallest absolute Gasteiger partial charge is 0.290 e. The molecule has 1 aliphatic heterocycles. The molecule has 0 spiro atoms. The van der Waals surface area contributed by atoms with Gasteiger partial charge in [0.05, 0.1) is 24.5 Å². The third-order valence-corrected chi connectivity index (χ3v) is 3.83. The van der Waals surface area contributed by atoms with Crippen LogP contribution < -0.4 is 0 Å². The van der Waals surface area contributed by atoms with Gasteiger partial charge in [-0.1, -0.05) is 6.07 Å². The molecule has 0 saturated carbocycles. The van der Waals surface area contributed by atoms with Crippen LogP contribution in [-0.4, -0.2) is 46.9 Å². The minimum atomic E-state index is -0.737. The number of carbonyl (C=O) groups excluding carboxylic acids is 2. The summed E-state index contributed by atoms with van der Waals surface area (Å²) in [6.45, 7) is 0.506. The highest BCUT2D eigenvalue weighted by Crippen LogP contribution is 2.38. The molecule has 124 valence electrons. The summed E-state index contributed by atoms with van der Waals surface area (Å²) in [5, 5.41) is 10.3. The van der Waals surface area contributed by atoms with Gasteiger partial charge in [0.25, 0.3) is 5.91 Å². The first-order valence-corrected chi connectivity index (χ1v) is 7.36. The number of aliphatic hydroxyl groups excluding tert-OH is 1. The van der Waals surface area contributed by atoms with Crippen molar-refractivity contribution >= 4 is 11.7 Å². The standard InChI is InChI=1S/C17H16N2O5/c1-23-9-7-19-14(11-4-2-6-18-10-11)13(16(21)17(19)22)15(20)12-5-3-8-24-12/h2-6,8,10,14,21H,7,9H2,1H3/t14-/m0/s1. The third kappa shape index (κ3) is 2.69. The monoisotopic (exact) mass is 328 g/mol. The molecule has 0 radical (unpaired) electrons. The Morgan fingerprint density at radius 1 is 1.42 bits per heavy atom. The molecule has 3 heterocycles. The summed E-state index contributed by atoms with van der Waals surface area (Å²) in [5.74, 6) is -1.65. The minimum Gasteiger partial charge on any atom is -0.503 e. The van der Waals surface area contributed by atoms with E-state index in [9.17, 15) is 14.7 Å². The van der Waals surface area contributed by atoms with E-state index in [4.69, 9.17) is 9.15 Å². The van der Waals surface area contributed by atoms with E-state index in [0.29, 0.717) is 5.56 Å². The summed E-state index contributed by atoms with van der Waals surface area (Å²) >= 11 is 0. The lowest BCUT2D eigenvalue weighted by molar-refractivity contribution is -0.130. The van der Waals surface area contributed by atoms with Crippen LogP contribution >= 0.6 is 0 Å². The van der Waals surface area contributed by atoms with E-state index in [1.807, 2.05) is 0 Å². The number of hydrogen-bond acceptors (Lipinski definition) is 6. The second-order valence-corrected chi connectivity index (χ2v) is 5.25. The van der Waals surface area contributed by atoms with Gasteiger partial charge in [0.15, 0.2) is 11.5 Å². The normalized spacial score (nSPS) is 17.6. The number of amides is 1. The number of rotatable bonds is 6. The predicted octanol–water partition coefficient (Wildman–Crippen LogP) is 1.90. The lowest BCUT2D eigenvalue weighted by atomic mass is 9.96. The number of aliphatic hydroxyl groups is 1. The molecule has 3 rings (SSSR count). The molecule has 2 aromatic rings. The summed E-state index contributed by atoms with van der Waals surface area (Å²) in [7, 11) is 1.52. The maximum absolute atomic E-state index is 12.7. The van der Waals surface area contributed by atoms with Gasteiger partial charge in [-0.05, 0) is 23.8 Å². The van der Waals surface area contributed by atoms with Gasteiger partial charge in [0.1, 0.15) is 0 Å². The first-order chi connectivity index (χ1) is 11.6. The van der Waals surface area contributed by atoms with Crippen LogP contribution in [0.3, 0.4) is 0 Å². The lowest BCUT2D eigenvalue weighted by Gasteiger charge is -2.26. The summed E-state index contributed by atoms with van der Waals surface area (Å²) < 4.78 is 10.2. The number of ether oxygens (including phenoxy) is 1. The molecule has 2 aromatic heterocycles. The van der Waals surface area contributed by atoms with Crippen LogP contribution in [0.1, 0.15) is 22.2 Å². The Labute approximate surface area is 138 Å². The molecule has 1 amide bonds. The van der Waals surface area contributed by atoms with Crippen molar-refractivity contribution < 1.29 is 23.8 Å². The first kappa shape index (κ1) is 15.9. The zero-order chi connectivity index (χ0) is 17.1. The molecule has 1 aliphatic rings. The van der Waals surface area contributed by atoms with E-state index in [2.05, 4.69) is 4.98 Å². The molecule has 0 aromatic carbocycles. The van der Waals surface area contributed by atoms with Gasteiger partial charge in [-0.25, -0.2) is 0 Å². The number of aromatic nitrogens is 1. The van der Waals surface area contributed by atoms with Gasteiger partial charge in [-0.3, -0.25) is 14.6 Å². The maximum Gasteiger partial charge on any atom is 0.290 e. The Morgan fingerprint density at radius 2 is 2.25 bits per heavy atom. The molecule has 0 saturated heterocycles. The number of pyridine rings is 1. The van der Waals surface area contributed by atoms with Crippen LogP contribution in [-0.2, 0) is 9.53 Å². The van der Waals surface area contributed by atoms with Crippen LogP contribution in [0.15, 0.2) is 58.7 Å². The average Bonchev–Trinajstić information content (AvgIpc) is 3.22. The Balaban J connectivity index is 2.06. The molecule has 7 heteroatoms. The fourth-order valence-electron chi connectivity index (χ4n) is 2.73. The van der Waals surface area contributed by atoms with Crippen molar-refractivity contribution in [2.45, 2.75) is 6.04 Å². The number of furan rings is 1. The molecule has 0 unspecified atom stereocenters. The van der Waals surface area contributed by atoms with Crippen LogP contribution in [0.2, 0.25) is 0 Å². The van der Waals surface area contributed by atoms with E-state index in [1.54, 1.807) is 30.6 Å².